The lowest BCUT2D eigenvalue weighted by Crippen LogP contribution is -2.20. The summed E-state index contributed by atoms with van der Waals surface area (Å²) in [6.45, 7) is 4.45. The van der Waals surface area contributed by atoms with Gasteiger partial charge in [0.2, 0.25) is 0 Å². The van der Waals surface area contributed by atoms with Crippen molar-refractivity contribution in [3.63, 3.8) is 0 Å². The highest BCUT2D eigenvalue weighted by atomic mass is 35.5. The van der Waals surface area contributed by atoms with Crippen LogP contribution >= 0.6 is 11.6 Å². The van der Waals surface area contributed by atoms with Crippen LogP contribution in [0, 0.1) is 0 Å². The van der Waals surface area contributed by atoms with E-state index >= 15 is 0 Å². The van der Waals surface area contributed by atoms with Crippen LogP contribution in [0.15, 0.2) is 48.5 Å². The summed E-state index contributed by atoms with van der Waals surface area (Å²) in [4.78, 5) is 2.56. The first-order valence-electron chi connectivity index (χ1n) is 9.49. The van der Waals surface area contributed by atoms with Crippen LogP contribution in [0.2, 0.25) is 5.02 Å². The SMILES string of the molecule is Clc1ccc(OCCCc2ccccc2)c(CCCN2CCCC2)c1. The lowest BCUT2D eigenvalue weighted by Gasteiger charge is -2.16. The zero-order valence-corrected chi connectivity index (χ0v) is 15.7. The third kappa shape index (κ3) is 6.05. The molecule has 0 aliphatic carbocycles. The number of nitrogens with zero attached hydrogens (tertiary/aromatic N) is 1. The molecular weight excluding hydrogens is 330 g/mol. The minimum Gasteiger partial charge on any atom is -0.493 e. The molecule has 0 spiro atoms. The monoisotopic (exact) mass is 357 g/mol. The van der Waals surface area contributed by atoms with Gasteiger partial charge in [-0.15, -0.1) is 0 Å². The van der Waals surface area contributed by atoms with E-state index in [2.05, 4.69) is 41.3 Å². The molecule has 1 heterocycles. The number of halogens is 1. The lowest BCUT2D eigenvalue weighted by atomic mass is 10.1. The van der Waals surface area contributed by atoms with Crippen molar-refractivity contribution in [1.82, 2.24) is 4.90 Å². The van der Waals surface area contributed by atoms with Crippen LogP contribution in [-0.2, 0) is 12.8 Å². The highest BCUT2D eigenvalue weighted by Crippen LogP contribution is 2.25. The molecule has 3 rings (SSSR count). The molecule has 0 aromatic heterocycles. The molecule has 1 aliphatic rings. The first-order chi connectivity index (χ1) is 12.3. The predicted octanol–water partition coefficient (Wildman–Crippen LogP) is 5.38. The van der Waals surface area contributed by atoms with Crippen LogP contribution < -0.4 is 4.74 Å². The average molecular weight is 358 g/mol. The number of hydrogen-bond acceptors (Lipinski definition) is 2. The zero-order valence-electron chi connectivity index (χ0n) is 14.9. The van der Waals surface area contributed by atoms with Crippen molar-refractivity contribution in [3.8, 4) is 5.75 Å². The van der Waals surface area contributed by atoms with E-state index < -0.39 is 0 Å². The molecule has 2 nitrogen and oxygen atoms in total. The van der Waals surface area contributed by atoms with E-state index in [9.17, 15) is 0 Å². The van der Waals surface area contributed by atoms with Crippen LogP contribution in [0.1, 0.15) is 36.8 Å². The topological polar surface area (TPSA) is 12.5 Å². The highest BCUT2D eigenvalue weighted by Gasteiger charge is 2.11. The van der Waals surface area contributed by atoms with Crippen molar-refractivity contribution in [1.29, 1.82) is 0 Å². The molecule has 1 saturated heterocycles. The fourth-order valence-corrected chi connectivity index (χ4v) is 3.68. The minimum absolute atomic E-state index is 0.746. The van der Waals surface area contributed by atoms with E-state index in [1.807, 2.05) is 12.1 Å². The Bertz CT molecular complexity index is 638. The second kappa shape index (κ2) is 9.84. The number of benzene rings is 2. The summed E-state index contributed by atoms with van der Waals surface area (Å²) in [7, 11) is 0. The molecule has 1 fully saturated rings. The molecule has 2 aromatic rings. The van der Waals surface area contributed by atoms with E-state index in [1.54, 1.807) is 0 Å². The molecule has 0 amide bonds. The molecule has 2 aromatic carbocycles. The fraction of sp³-hybridized carbons (Fsp3) is 0.455. The van der Waals surface area contributed by atoms with Crippen molar-refractivity contribution < 1.29 is 4.74 Å². The Kier molecular flexibility index (Phi) is 7.20. The first kappa shape index (κ1) is 18.3. The van der Waals surface area contributed by atoms with Crippen LogP contribution in [-0.4, -0.2) is 31.1 Å². The summed E-state index contributed by atoms with van der Waals surface area (Å²) in [5, 5.41) is 0.799. The maximum absolute atomic E-state index is 6.20. The lowest BCUT2D eigenvalue weighted by molar-refractivity contribution is 0.305. The maximum Gasteiger partial charge on any atom is 0.122 e. The third-order valence-corrected chi connectivity index (χ3v) is 5.09. The highest BCUT2D eigenvalue weighted by molar-refractivity contribution is 6.30. The van der Waals surface area contributed by atoms with Gasteiger partial charge in [0.1, 0.15) is 5.75 Å². The van der Waals surface area contributed by atoms with Gasteiger partial charge in [-0.3, -0.25) is 0 Å². The van der Waals surface area contributed by atoms with Crippen LogP contribution in [0.3, 0.4) is 0 Å². The van der Waals surface area contributed by atoms with E-state index in [-0.39, 0.29) is 0 Å². The fourth-order valence-electron chi connectivity index (χ4n) is 3.49. The largest absolute Gasteiger partial charge is 0.493 e. The third-order valence-electron chi connectivity index (χ3n) is 4.85. The second-order valence-corrected chi connectivity index (χ2v) is 7.28. The summed E-state index contributed by atoms with van der Waals surface area (Å²) in [6.07, 6.45) is 6.99. The van der Waals surface area contributed by atoms with Gasteiger partial charge in [-0.25, -0.2) is 0 Å². The molecule has 134 valence electrons. The van der Waals surface area contributed by atoms with Crippen LogP contribution in [0.5, 0.6) is 5.75 Å². The summed E-state index contributed by atoms with van der Waals surface area (Å²) in [5.74, 6) is 0.999. The van der Waals surface area contributed by atoms with Crippen molar-refractivity contribution in [3.05, 3.63) is 64.7 Å². The standard InChI is InChI=1S/C22H28ClNO/c23-21-12-13-22(25-17-7-10-19-8-2-1-3-9-19)20(18-21)11-6-16-24-14-4-5-15-24/h1-3,8-9,12-13,18H,4-7,10-11,14-17H2. The molecule has 1 aliphatic heterocycles. The number of likely N-dealkylation sites (tertiary alicyclic amines) is 1. The first-order valence-corrected chi connectivity index (χ1v) is 9.86. The predicted molar refractivity (Wildman–Crippen MR) is 106 cm³/mol. The molecule has 0 N–H and O–H groups in total. The van der Waals surface area contributed by atoms with Crippen molar-refractivity contribution in [2.45, 2.75) is 38.5 Å². The Labute approximate surface area is 156 Å². The number of aryl methyl sites for hydroxylation is 2. The number of rotatable bonds is 9. The molecule has 0 atom stereocenters. The van der Waals surface area contributed by atoms with E-state index in [0.29, 0.717) is 0 Å². The molecular formula is C22H28ClNO. The van der Waals surface area contributed by atoms with Crippen LogP contribution in [0.4, 0.5) is 0 Å². The van der Waals surface area contributed by atoms with Gasteiger partial charge in [0.15, 0.2) is 0 Å². The quantitative estimate of drug-likeness (QED) is 0.558. The summed E-state index contributed by atoms with van der Waals surface area (Å²) in [6, 6.07) is 16.6. The van der Waals surface area contributed by atoms with Gasteiger partial charge in [-0.1, -0.05) is 41.9 Å². The summed E-state index contributed by atoms with van der Waals surface area (Å²) >= 11 is 6.20. The molecule has 0 saturated carbocycles. The van der Waals surface area contributed by atoms with Gasteiger partial charge in [0, 0.05) is 5.02 Å². The van der Waals surface area contributed by atoms with Gasteiger partial charge < -0.3 is 9.64 Å². The van der Waals surface area contributed by atoms with E-state index in [1.165, 1.54) is 50.0 Å². The Hall–Kier alpha value is -1.51. The smallest absolute Gasteiger partial charge is 0.122 e. The van der Waals surface area contributed by atoms with Gasteiger partial charge in [0.05, 0.1) is 6.61 Å². The maximum atomic E-state index is 6.20. The molecule has 0 bridgehead atoms. The summed E-state index contributed by atoms with van der Waals surface area (Å²) in [5.41, 5.74) is 2.61. The van der Waals surface area contributed by atoms with Gasteiger partial charge in [-0.2, -0.15) is 0 Å². The molecule has 25 heavy (non-hydrogen) atoms. The molecule has 0 radical (unpaired) electrons. The Morgan fingerprint density at radius 2 is 1.72 bits per heavy atom. The Morgan fingerprint density at radius 3 is 2.52 bits per heavy atom. The van der Waals surface area contributed by atoms with Crippen molar-refractivity contribution in [2.24, 2.45) is 0 Å². The van der Waals surface area contributed by atoms with Gasteiger partial charge in [-0.05, 0) is 87.5 Å². The van der Waals surface area contributed by atoms with Gasteiger partial charge in [0.25, 0.3) is 0 Å². The number of ether oxygens (including phenoxy) is 1. The van der Waals surface area contributed by atoms with Crippen LogP contribution in [0.25, 0.3) is 0 Å². The van der Waals surface area contributed by atoms with E-state index in [0.717, 1.165) is 36.6 Å². The Balaban J connectivity index is 1.46. The van der Waals surface area contributed by atoms with Gasteiger partial charge >= 0.3 is 0 Å². The Morgan fingerprint density at radius 1 is 0.920 bits per heavy atom. The normalized spacial score (nSPS) is 14.8. The molecule has 0 unspecified atom stereocenters. The summed E-state index contributed by atoms with van der Waals surface area (Å²) < 4.78 is 6.06. The van der Waals surface area contributed by atoms with E-state index in [4.69, 9.17) is 16.3 Å². The van der Waals surface area contributed by atoms with Crippen molar-refractivity contribution >= 4 is 11.6 Å². The zero-order chi connectivity index (χ0) is 17.3. The average Bonchev–Trinajstić information content (AvgIpc) is 3.14. The second-order valence-electron chi connectivity index (χ2n) is 6.84. The molecule has 3 heteroatoms. The van der Waals surface area contributed by atoms with Crippen molar-refractivity contribution in [2.75, 3.05) is 26.2 Å². The number of hydrogen-bond donors (Lipinski definition) is 0. The minimum atomic E-state index is 0.746.